The van der Waals surface area contributed by atoms with Gasteiger partial charge in [0, 0.05) is 9.26 Å². The summed E-state index contributed by atoms with van der Waals surface area (Å²) in [6.07, 6.45) is 0. The van der Waals surface area contributed by atoms with Crippen molar-refractivity contribution in [3.63, 3.8) is 0 Å². The summed E-state index contributed by atoms with van der Waals surface area (Å²) in [5.41, 5.74) is 5.67. The van der Waals surface area contributed by atoms with E-state index in [2.05, 4.69) is 27.9 Å². The molecule has 2 aromatic rings. The van der Waals surface area contributed by atoms with Crippen LogP contribution >= 0.6 is 22.6 Å². The molecule has 0 aromatic heterocycles. The van der Waals surface area contributed by atoms with E-state index >= 15 is 0 Å². The van der Waals surface area contributed by atoms with Crippen molar-refractivity contribution in [3.8, 4) is 0 Å². The number of amides is 1. The second-order valence-corrected chi connectivity index (χ2v) is 5.88. The van der Waals surface area contributed by atoms with E-state index in [0.29, 0.717) is 5.69 Å². The van der Waals surface area contributed by atoms with Gasteiger partial charge in [-0.3, -0.25) is 4.79 Å². The number of nitrogens with two attached hydrogens (primary N) is 1. The minimum atomic E-state index is -1.10. The minimum absolute atomic E-state index is 0.371. The number of rotatable bonds is 4. The fourth-order valence-corrected chi connectivity index (χ4v) is 2.27. The Morgan fingerprint density at radius 3 is 2.45 bits per heavy atom. The summed E-state index contributed by atoms with van der Waals surface area (Å²) in [7, 11) is 0. The number of benzene rings is 2. The van der Waals surface area contributed by atoms with Gasteiger partial charge < -0.3 is 11.1 Å². The molecule has 0 spiro atoms. The number of carbonyl (C=O) groups is 1. The van der Waals surface area contributed by atoms with E-state index in [1.165, 1.54) is 12.1 Å². The molecule has 1 unspecified atom stereocenters. The first-order valence-corrected chi connectivity index (χ1v) is 7.09. The quantitative estimate of drug-likeness (QED) is 0.796. The zero-order chi connectivity index (χ0) is 14.8. The van der Waals surface area contributed by atoms with Crippen LogP contribution in [-0.4, -0.2) is 5.91 Å². The molecule has 20 heavy (non-hydrogen) atoms. The summed E-state index contributed by atoms with van der Waals surface area (Å²) in [5.74, 6) is -0.896. The third-order valence-corrected chi connectivity index (χ3v) is 3.85. The molecule has 0 aliphatic heterocycles. The maximum atomic E-state index is 13.2. The van der Waals surface area contributed by atoms with Gasteiger partial charge >= 0.3 is 0 Å². The Kier molecular flexibility index (Phi) is 4.27. The first-order valence-electron chi connectivity index (χ1n) is 6.01. The van der Waals surface area contributed by atoms with Crippen LogP contribution < -0.4 is 11.1 Å². The van der Waals surface area contributed by atoms with E-state index in [9.17, 15) is 9.18 Å². The number of hydrogen-bond acceptors (Lipinski definition) is 2. The number of hydrogen-bond donors (Lipinski definition) is 2. The number of anilines is 1. The first-order chi connectivity index (χ1) is 9.41. The third-order valence-electron chi connectivity index (χ3n) is 3.13. The van der Waals surface area contributed by atoms with Crippen molar-refractivity contribution < 1.29 is 9.18 Å². The van der Waals surface area contributed by atoms with Crippen molar-refractivity contribution in [2.75, 3.05) is 5.32 Å². The lowest BCUT2D eigenvalue weighted by Crippen LogP contribution is -2.45. The fraction of sp³-hybridized carbons (Fsp3) is 0.133. The highest BCUT2D eigenvalue weighted by Crippen LogP contribution is 2.27. The zero-order valence-electron chi connectivity index (χ0n) is 10.9. The lowest BCUT2D eigenvalue weighted by Gasteiger charge is -2.29. The Morgan fingerprint density at radius 1 is 1.25 bits per heavy atom. The van der Waals surface area contributed by atoms with Crippen LogP contribution in [0.25, 0.3) is 0 Å². The Hall–Kier alpha value is -1.63. The minimum Gasteiger partial charge on any atom is -0.368 e. The molecule has 104 valence electrons. The highest BCUT2D eigenvalue weighted by atomic mass is 127. The Labute approximate surface area is 130 Å². The molecule has 1 atom stereocenters. The zero-order valence-corrected chi connectivity index (χ0v) is 13.0. The predicted molar refractivity (Wildman–Crippen MR) is 85.7 cm³/mol. The molecular formula is C15H14FIN2O. The molecule has 0 saturated carbocycles. The molecule has 0 aliphatic rings. The van der Waals surface area contributed by atoms with Gasteiger partial charge in [-0.25, -0.2) is 4.39 Å². The van der Waals surface area contributed by atoms with Crippen LogP contribution in [-0.2, 0) is 10.3 Å². The topological polar surface area (TPSA) is 55.1 Å². The second kappa shape index (κ2) is 5.78. The van der Waals surface area contributed by atoms with Gasteiger partial charge in [-0.2, -0.15) is 0 Å². The number of carbonyl (C=O) groups excluding carboxylic acids is 1. The summed E-state index contributed by atoms with van der Waals surface area (Å²) < 4.78 is 14.3. The SMILES string of the molecule is CC(Nc1cccc(F)c1)(C(N)=O)c1ccc(I)cc1. The van der Waals surface area contributed by atoms with Gasteiger partial charge in [0.1, 0.15) is 11.4 Å². The van der Waals surface area contributed by atoms with Crippen molar-refractivity contribution in [3.05, 3.63) is 63.5 Å². The van der Waals surface area contributed by atoms with E-state index < -0.39 is 11.4 Å². The molecule has 0 fully saturated rings. The largest absolute Gasteiger partial charge is 0.368 e. The first kappa shape index (κ1) is 14.8. The van der Waals surface area contributed by atoms with Crippen molar-refractivity contribution in [1.82, 2.24) is 0 Å². The summed E-state index contributed by atoms with van der Waals surface area (Å²) >= 11 is 2.18. The smallest absolute Gasteiger partial charge is 0.247 e. The lowest BCUT2D eigenvalue weighted by atomic mass is 9.91. The Morgan fingerprint density at radius 2 is 1.90 bits per heavy atom. The van der Waals surface area contributed by atoms with Crippen molar-refractivity contribution in [2.45, 2.75) is 12.5 Å². The van der Waals surface area contributed by atoms with Gasteiger partial charge in [0.15, 0.2) is 0 Å². The average Bonchev–Trinajstić information content (AvgIpc) is 2.39. The fourth-order valence-electron chi connectivity index (χ4n) is 1.91. The summed E-state index contributed by atoms with van der Waals surface area (Å²) in [5, 5.41) is 3.01. The van der Waals surface area contributed by atoms with Gasteiger partial charge in [0.25, 0.3) is 0 Å². The Bertz CT molecular complexity index is 630. The van der Waals surface area contributed by atoms with E-state index in [1.54, 1.807) is 19.1 Å². The van der Waals surface area contributed by atoms with Crippen molar-refractivity contribution >= 4 is 34.2 Å². The molecule has 0 bridgehead atoms. The van der Waals surface area contributed by atoms with Crippen LogP contribution in [0.2, 0.25) is 0 Å². The Balaban J connectivity index is 2.39. The van der Waals surface area contributed by atoms with Crippen LogP contribution in [0.5, 0.6) is 0 Å². The molecule has 2 rings (SSSR count). The molecule has 0 heterocycles. The summed E-state index contributed by atoms with van der Waals surface area (Å²) in [6.45, 7) is 1.68. The molecule has 3 nitrogen and oxygen atoms in total. The standard InChI is InChI=1S/C15H14FIN2O/c1-15(14(18)20,10-5-7-12(17)8-6-10)19-13-4-2-3-11(16)9-13/h2-9,19H,1H3,(H2,18,20). The highest BCUT2D eigenvalue weighted by molar-refractivity contribution is 14.1. The van der Waals surface area contributed by atoms with Crippen molar-refractivity contribution in [2.24, 2.45) is 5.73 Å². The van der Waals surface area contributed by atoms with E-state index in [1.807, 2.05) is 24.3 Å². The predicted octanol–water partition coefficient (Wildman–Crippen LogP) is 3.24. The van der Waals surface area contributed by atoms with Crippen LogP contribution in [0.15, 0.2) is 48.5 Å². The summed E-state index contributed by atoms with van der Waals surface area (Å²) in [6, 6.07) is 13.4. The second-order valence-electron chi connectivity index (χ2n) is 4.63. The molecule has 0 radical (unpaired) electrons. The van der Waals surface area contributed by atoms with E-state index in [4.69, 9.17) is 5.73 Å². The number of nitrogens with one attached hydrogen (secondary N) is 1. The average molecular weight is 384 g/mol. The molecule has 2 aromatic carbocycles. The normalized spacial score (nSPS) is 13.6. The van der Waals surface area contributed by atoms with E-state index in [-0.39, 0.29) is 5.82 Å². The molecular weight excluding hydrogens is 370 g/mol. The number of halogens is 2. The summed E-state index contributed by atoms with van der Waals surface area (Å²) in [4.78, 5) is 11.9. The highest BCUT2D eigenvalue weighted by Gasteiger charge is 2.33. The van der Waals surface area contributed by atoms with E-state index in [0.717, 1.165) is 9.13 Å². The van der Waals surface area contributed by atoms with Crippen molar-refractivity contribution in [1.29, 1.82) is 0 Å². The molecule has 1 amide bonds. The molecule has 0 saturated heterocycles. The molecule has 3 N–H and O–H groups in total. The van der Waals surface area contributed by atoms with Gasteiger partial charge in [-0.15, -0.1) is 0 Å². The molecule has 5 heteroatoms. The van der Waals surface area contributed by atoms with Crippen LogP contribution in [0, 0.1) is 9.39 Å². The van der Waals surface area contributed by atoms with Crippen LogP contribution in [0.4, 0.5) is 10.1 Å². The van der Waals surface area contributed by atoms with Gasteiger partial charge in [0.05, 0.1) is 0 Å². The third kappa shape index (κ3) is 3.09. The van der Waals surface area contributed by atoms with Gasteiger partial charge in [-0.05, 0) is 65.4 Å². The monoisotopic (exact) mass is 384 g/mol. The lowest BCUT2D eigenvalue weighted by molar-refractivity contribution is -0.122. The maximum Gasteiger partial charge on any atom is 0.247 e. The molecule has 0 aliphatic carbocycles. The van der Waals surface area contributed by atoms with Crippen LogP contribution in [0.3, 0.4) is 0 Å². The maximum absolute atomic E-state index is 13.2. The van der Waals surface area contributed by atoms with Gasteiger partial charge in [-0.1, -0.05) is 18.2 Å². The van der Waals surface area contributed by atoms with Crippen LogP contribution in [0.1, 0.15) is 12.5 Å². The number of primary amides is 1. The van der Waals surface area contributed by atoms with Gasteiger partial charge in [0.2, 0.25) is 5.91 Å².